The second kappa shape index (κ2) is 7.66. The van der Waals surface area contributed by atoms with E-state index in [4.69, 9.17) is 11.6 Å². The normalized spacial score (nSPS) is 12.2. The Kier molecular flexibility index (Phi) is 6.85. The Labute approximate surface area is 131 Å². The summed E-state index contributed by atoms with van der Waals surface area (Å²) in [5.74, 6) is 0. The van der Waals surface area contributed by atoms with Crippen LogP contribution in [0.3, 0.4) is 0 Å². The lowest BCUT2D eigenvalue weighted by Crippen LogP contribution is -2.38. The summed E-state index contributed by atoms with van der Waals surface area (Å²) in [5, 5.41) is 4.45. The molecule has 3 heteroatoms. The van der Waals surface area contributed by atoms with Gasteiger partial charge in [-0.25, -0.2) is 0 Å². The molecule has 0 fully saturated rings. The van der Waals surface area contributed by atoms with Crippen molar-refractivity contribution >= 4 is 27.5 Å². The van der Waals surface area contributed by atoms with Gasteiger partial charge in [-0.3, -0.25) is 0 Å². The number of benzene rings is 1. The molecule has 0 saturated heterocycles. The smallest absolute Gasteiger partial charge is 0.0449 e. The van der Waals surface area contributed by atoms with Crippen molar-refractivity contribution in [2.75, 3.05) is 6.54 Å². The molecule has 0 aliphatic heterocycles. The topological polar surface area (TPSA) is 12.0 Å². The van der Waals surface area contributed by atoms with Gasteiger partial charge in [0, 0.05) is 22.1 Å². The highest BCUT2D eigenvalue weighted by Gasteiger charge is 2.27. The monoisotopic (exact) mass is 345 g/mol. The predicted octanol–water partition coefficient (Wildman–Crippen LogP) is 5.45. The first-order valence-corrected chi connectivity index (χ1v) is 8.27. The molecular weight excluding hydrogens is 322 g/mol. The molecule has 0 bridgehead atoms. The zero-order chi connectivity index (χ0) is 14.5. The Morgan fingerprint density at radius 3 is 2.37 bits per heavy atom. The van der Waals surface area contributed by atoms with E-state index in [2.05, 4.69) is 61.1 Å². The van der Waals surface area contributed by atoms with Crippen LogP contribution in [0.25, 0.3) is 0 Å². The van der Waals surface area contributed by atoms with Crippen molar-refractivity contribution in [2.45, 2.75) is 53.0 Å². The van der Waals surface area contributed by atoms with E-state index in [1.54, 1.807) is 0 Å². The largest absolute Gasteiger partial charge is 0.314 e. The van der Waals surface area contributed by atoms with Crippen LogP contribution in [-0.2, 0) is 6.42 Å². The van der Waals surface area contributed by atoms with Crippen molar-refractivity contribution in [2.24, 2.45) is 5.41 Å². The predicted molar refractivity (Wildman–Crippen MR) is 89.0 cm³/mol. The zero-order valence-corrected chi connectivity index (χ0v) is 14.7. The molecular formula is C16H25BrClN. The number of hydrogen-bond acceptors (Lipinski definition) is 1. The van der Waals surface area contributed by atoms with Crippen molar-refractivity contribution in [3.05, 3.63) is 33.3 Å². The number of nitrogens with one attached hydrogen (secondary N) is 1. The molecule has 0 aliphatic rings. The molecule has 108 valence electrons. The first-order chi connectivity index (χ1) is 8.92. The average Bonchev–Trinajstić information content (AvgIpc) is 2.37. The lowest BCUT2D eigenvalue weighted by Gasteiger charge is -2.33. The maximum Gasteiger partial charge on any atom is 0.0449 e. The van der Waals surface area contributed by atoms with E-state index >= 15 is 0 Å². The molecule has 1 aromatic carbocycles. The molecule has 0 amide bonds. The molecule has 0 saturated carbocycles. The molecule has 1 aromatic rings. The molecule has 0 aromatic heterocycles. The molecule has 1 N–H and O–H groups in total. The molecule has 19 heavy (non-hydrogen) atoms. The van der Waals surface area contributed by atoms with Gasteiger partial charge in [0.2, 0.25) is 0 Å². The van der Waals surface area contributed by atoms with Gasteiger partial charge in [0.25, 0.3) is 0 Å². The van der Waals surface area contributed by atoms with Gasteiger partial charge in [-0.05, 0) is 42.4 Å². The molecule has 0 radical (unpaired) electrons. The fourth-order valence-electron chi connectivity index (χ4n) is 2.30. The van der Waals surface area contributed by atoms with E-state index in [0.717, 1.165) is 35.3 Å². The Morgan fingerprint density at radius 1 is 1.26 bits per heavy atom. The molecule has 1 rings (SSSR count). The maximum atomic E-state index is 6.36. The molecule has 1 nitrogen and oxygen atoms in total. The van der Waals surface area contributed by atoms with Gasteiger partial charge in [0.1, 0.15) is 0 Å². The van der Waals surface area contributed by atoms with E-state index < -0.39 is 0 Å². The van der Waals surface area contributed by atoms with Crippen molar-refractivity contribution in [3.8, 4) is 0 Å². The van der Waals surface area contributed by atoms with Crippen LogP contribution in [-0.4, -0.2) is 12.6 Å². The third kappa shape index (κ3) is 5.09. The molecule has 0 spiro atoms. The standard InChI is InChI=1S/C16H25BrClN/c1-5-16(6-2,11-19-12(3)4)10-13-7-8-14(17)9-15(13)18/h7-9,12,19H,5-6,10-11H2,1-4H3. The zero-order valence-electron chi connectivity index (χ0n) is 12.4. The highest BCUT2D eigenvalue weighted by atomic mass is 79.9. The van der Waals surface area contributed by atoms with Gasteiger partial charge < -0.3 is 5.32 Å². The first-order valence-electron chi connectivity index (χ1n) is 7.09. The highest BCUT2D eigenvalue weighted by molar-refractivity contribution is 9.10. The van der Waals surface area contributed by atoms with E-state index in [0.29, 0.717) is 11.5 Å². The Balaban J connectivity index is 2.87. The van der Waals surface area contributed by atoms with Gasteiger partial charge >= 0.3 is 0 Å². The fraction of sp³-hybridized carbons (Fsp3) is 0.625. The maximum absolute atomic E-state index is 6.36. The second-order valence-corrected chi connectivity index (χ2v) is 6.98. The van der Waals surface area contributed by atoms with Crippen molar-refractivity contribution in [1.82, 2.24) is 5.32 Å². The van der Waals surface area contributed by atoms with Gasteiger partial charge in [-0.2, -0.15) is 0 Å². The van der Waals surface area contributed by atoms with E-state index in [9.17, 15) is 0 Å². The summed E-state index contributed by atoms with van der Waals surface area (Å²) in [4.78, 5) is 0. The van der Waals surface area contributed by atoms with Crippen LogP contribution >= 0.6 is 27.5 Å². The number of halogens is 2. The van der Waals surface area contributed by atoms with Gasteiger partial charge in [0.05, 0.1) is 0 Å². The van der Waals surface area contributed by atoms with Crippen LogP contribution in [0.5, 0.6) is 0 Å². The van der Waals surface area contributed by atoms with Crippen LogP contribution in [0.4, 0.5) is 0 Å². The fourth-order valence-corrected chi connectivity index (χ4v) is 3.04. The summed E-state index contributed by atoms with van der Waals surface area (Å²) in [5.41, 5.74) is 1.54. The highest BCUT2D eigenvalue weighted by Crippen LogP contribution is 2.34. The second-order valence-electron chi connectivity index (χ2n) is 5.66. The van der Waals surface area contributed by atoms with Gasteiger partial charge in [0.15, 0.2) is 0 Å². The summed E-state index contributed by atoms with van der Waals surface area (Å²) in [6, 6.07) is 6.73. The van der Waals surface area contributed by atoms with Crippen LogP contribution in [0.15, 0.2) is 22.7 Å². The van der Waals surface area contributed by atoms with Crippen molar-refractivity contribution in [1.29, 1.82) is 0 Å². The quantitative estimate of drug-likeness (QED) is 0.692. The first kappa shape index (κ1) is 17.0. The average molecular weight is 347 g/mol. The van der Waals surface area contributed by atoms with E-state index in [-0.39, 0.29) is 0 Å². The molecule has 0 unspecified atom stereocenters. The summed E-state index contributed by atoms with van der Waals surface area (Å²) in [6.45, 7) is 9.99. The van der Waals surface area contributed by atoms with Crippen LogP contribution in [0.1, 0.15) is 46.1 Å². The third-order valence-electron chi connectivity index (χ3n) is 3.97. The Hall–Kier alpha value is -0.0500. The Bertz CT molecular complexity index is 400. The van der Waals surface area contributed by atoms with Gasteiger partial charge in [-0.15, -0.1) is 0 Å². The lowest BCUT2D eigenvalue weighted by atomic mass is 9.76. The summed E-state index contributed by atoms with van der Waals surface area (Å²) >= 11 is 9.82. The SMILES string of the molecule is CCC(CC)(CNC(C)C)Cc1ccc(Br)cc1Cl. The molecule has 0 aliphatic carbocycles. The minimum Gasteiger partial charge on any atom is -0.314 e. The Morgan fingerprint density at radius 2 is 1.89 bits per heavy atom. The van der Waals surface area contributed by atoms with E-state index in [1.165, 1.54) is 5.56 Å². The number of rotatable bonds is 7. The minimum atomic E-state index is 0.293. The van der Waals surface area contributed by atoms with Crippen LogP contribution in [0, 0.1) is 5.41 Å². The minimum absolute atomic E-state index is 0.293. The van der Waals surface area contributed by atoms with Gasteiger partial charge in [-0.1, -0.05) is 61.3 Å². The van der Waals surface area contributed by atoms with Crippen molar-refractivity contribution < 1.29 is 0 Å². The van der Waals surface area contributed by atoms with Crippen molar-refractivity contribution in [3.63, 3.8) is 0 Å². The third-order valence-corrected chi connectivity index (χ3v) is 4.81. The van der Waals surface area contributed by atoms with Crippen LogP contribution < -0.4 is 5.32 Å². The van der Waals surface area contributed by atoms with E-state index in [1.807, 2.05) is 6.07 Å². The molecule has 0 heterocycles. The number of hydrogen-bond donors (Lipinski definition) is 1. The summed E-state index contributed by atoms with van der Waals surface area (Å²) < 4.78 is 1.04. The summed E-state index contributed by atoms with van der Waals surface area (Å²) in [7, 11) is 0. The summed E-state index contributed by atoms with van der Waals surface area (Å²) in [6.07, 6.45) is 3.36. The molecule has 0 atom stereocenters. The lowest BCUT2D eigenvalue weighted by molar-refractivity contribution is 0.239. The van der Waals surface area contributed by atoms with Crippen LogP contribution in [0.2, 0.25) is 5.02 Å².